The van der Waals surface area contributed by atoms with Crippen LogP contribution in [0.1, 0.15) is 18.9 Å². The van der Waals surface area contributed by atoms with Crippen molar-refractivity contribution in [1.29, 1.82) is 0 Å². The monoisotopic (exact) mass is 152 g/mol. The zero-order chi connectivity index (χ0) is 8.10. The van der Waals surface area contributed by atoms with Gasteiger partial charge in [-0.2, -0.15) is 0 Å². The standard InChI is InChI=1S/C10H13F/c1-2-10(11)8-9-6-4-3-5-7-9/h3-7,10H,2,8H2,1H3. The predicted molar refractivity (Wildman–Crippen MR) is 45.3 cm³/mol. The van der Waals surface area contributed by atoms with Gasteiger partial charge >= 0.3 is 0 Å². The van der Waals surface area contributed by atoms with Crippen LogP contribution >= 0.6 is 0 Å². The van der Waals surface area contributed by atoms with Crippen LogP contribution in [0.2, 0.25) is 0 Å². The molecule has 0 saturated heterocycles. The molecular formula is C10H13F. The molecule has 0 aromatic heterocycles. The van der Waals surface area contributed by atoms with Gasteiger partial charge in [0.05, 0.1) is 0 Å². The summed E-state index contributed by atoms with van der Waals surface area (Å²) in [6.45, 7) is 1.87. The van der Waals surface area contributed by atoms with Gasteiger partial charge in [0.2, 0.25) is 0 Å². The van der Waals surface area contributed by atoms with Gasteiger partial charge in [0.25, 0.3) is 0 Å². The predicted octanol–water partition coefficient (Wildman–Crippen LogP) is 2.98. The van der Waals surface area contributed by atoms with Crippen molar-refractivity contribution >= 4 is 0 Å². The third-order valence-electron chi connectivity index (χ3n) is 1.74. The van der Waals surface area contributed by atoms with Crippen molar-refractivity contribution in [3.05, 3.63) is 35.9 Å². The maximum atomic E-state index is 12.8. The quantitative estimate of drug-likeness (QED) is 0.624. The molecule has 1 aromatic carbocycles. The van der Waals surface area contributed by atoms with E-state index in [9.17, 15) is 4.39 Å². The van der Waals surface area contributed by atoms with Gasteiger partial charge in [0.15, 0.2) is 0 Å². The second-order valence-corrected chi connectivity index (χ2v) is 2.70. The number of hydrogen-bond acceptors (Lipinski definition) is 0. The molecule has 0 bridgehead atoms. The summed E-state index contributed by atoms with van der Waals surface area (Å²) in [4.78, 5) is 0. The van der Waals surface area contributed by atoms with E-state index in [4.69, 9.17) is 0 Å². The highest BCUT2D eigenvalue weighted by molar-refractivity contribution is 5.15. The van der Waals surface area contributed by atoms with E-state index in [0.29, 0.717) is 12.8 Å². The average molecular weight is 152 g/mol. The molecule has 0 aliphatic rings. The van der Waals surface area contributed by atoms with Crippen molar-refractivity contribution < 1.29 is 4.39 Å². The minimum Gasteiger partial charge on any atom is -0.247 e. The summed E-state index contributed by atoms with van der Waals surface area (Å²) in [5.74, 6) is 0. The van der Waals surface area contributed by atoms with Crippen molar-refractivity contribution in [3.63, 3.8) is 0 Å². The van der Waals surface area contributed by atoms with Crippen molar-refractivity contribution in [2.24, 2.45) is 0 Å². The molecule has 0 aliphatic carbocycles. The molecule has 0 radical (unpaired) electrons. The molecule has 0 saturated carbocycles. The van der Waals surface area contributed by atoms with Gasteiger partial charge in [-0.15, -0.1) is 0 Å². The van der Waals surface area contributed by atoms with Gasteiger partial charge in [-0.05, 0) is 12.0 Å². The lowest BCUT2D eigenvalue weighted by atomic mass is 10.1. The minimum atomic E-state index is -0.683. The van der Waals surface area contributed by atoms with Gasteiger partial charge < -0.3 is 0 Å². The molecule has 0 amide bonds. The van der Waals surface area contributed by atoms with Crippen molar-refractivity contribution in [2.75, 3.05) is 0 Å². The highest BCUT2D eigenvalue weighted by Crippen LogP contribution is 2.07. The molecule has 1 aromatic rings. The third-order valence-corrected chi connectivity index (χ3v) is 1.74. The van der Waals surface area contributed by atoms with E-state index in [-0.39, 0.29) is 0 Å². The first-order valence-electron chi connectivity index (χ1n) is 4.01. The molecule has 0 heterocycles. The van der Waals surface area contributed by atoms with Crippen molar-refractivity contribution in [3.8, 4) is 0 Å². The Labute approximate surface area is 67.1 Å². The first-order valence-corrected chi connectivity index (χ1v) is 4.01. The van der Waals surface area contributed by atoms with Crippen LogP contribution in [0.15, 0.2) is 30.3 Å². The summed E-state index contributed by atoms with van der Waals surface area (Å²) in [6, 6.07) is 9.75. The van der Waals surface area contributed by atoms with Gasteiger partial charge in [0, 0.05) is 6.42 Å². The SMILES string of the molecule is CCC(F)Cc1ccccc1. The maximum absolute atomic E-state index is 12.8. The lowest BCUT2D eigenvalue weighted by Gasteiger charge is -2.03. The number of alkyl halides is 1. The fourth-order valence-corrected chi connectivity index (χ4v) is 1.01. The van der Waals surface area contributed by atoms with Crippen molar-refractivity contribution in [1.82, 2.24) is 0 Å². The topological polar surface area (TPSA) is 0 Å². The van der Waals surface area contributed by atoms with E-state index in [1.165, 1.54) is 0 Å². The molecule has 1 unspecified atom stereocenters. The Morgan fingerprint density at radius 2 is 1.91 bits per heavy atom. The van der Waals surface area contributed by atoms with Crippen molar-refractivity contribution in [2.45, 2.75) is 25.9 Å². The summed E-state index contributed by atoms with van der Waals surface area (Å²) in [5, 5.41) is 0. The van der Waals surface area contributed by atoms with E-state index < -0.39 is 6.17 Å². The highest BCUT2D eigenvalue weighted by atomic mass is 19.1. The van der Waals surface area contributed by atoms with Crippen LogP contribution in [0.25, 0.3) is 0 Å². The number of rotatable bonds is 3. The lowest BCUT2D eigenvalue weighted by Crippen LogP contribution is -2.01. The summed E-state index contributed by atoms with van der Waals surface area (Å²) in [7, 11) is 0. The Bertz CT molecular complexity index is 193. The zero-order valence-electron chi connectivity index (χ0n) is 6.76. The second-order valence-electron chi connectivity index (χ2n) is 2.70. The molecule has 1 rings (SSSR count). The molecule has 0 spiro atoms. The van der Waals surface area contributed by atoms with E-state index in [1.54, 1.807) is 0 Å². The Kier molecular flexibility index (Phi) is 3.09. The molecule has 0 N–H and O–H groups in total. The van der Waals surface area contributed by atoms with E-state index >= 15 is 0 Å². The molecule has 1 heteroatoms. The summed E-state index contributed by atoms with van der Waals surface area (Å²) >= 11 is 0. The smallest absolute Gasteiger partial charge is 0.104 e. The fraction of sp³-hybridized carbons (Fsp3) is 0.400. The largest absolute Gasteiger partial charge is 0.247 e. The molecule has 1 atom stereocenters. The first-order chi connectivity index (χ1) is 5.33. The molecule has 60 valence electrons. The zero-order valence-corrected chi connectivity index (χ0v) is 6.76. The molecule has 0 nitrogen and oxygen atoms in total. The fourth-order valence-electron chi connectivity index (χ4n) is 1.01. The van der Waals surface area contributed by atoms with Crippen LogP contribution in [-0.2, 0) is 6.42 Å². The minimum absolute atomic E-state index is 0.553. The Hall–Kier alpha value is -0.850. The van der Waals surface area contributed by atoms with E-state index in [0.717, 1.165) is 5.56 Å². The van der Waals surface area contributed by atoms with Gasteiger partial charge in [-0.25, -0.2) is 4.39 Å². The van der Waals surface area contributed by atoms with Crippen LogP contribution < -0.4 is 0 Å². The van der Waals surface area contributed by atoms with Crippen LogP contribution in [0.3, 0.4) is 0 Å². The van der Waals surface area contributed by atoms with E-state index in [1.807, 2.05) is 37.3 Å². The van der Waals surface area contributed by atoms with Gasteiger partial charge in [-0.1, -0.05) is 37.3 Å². The molecule has 11 heavy (non-hydrogen) atoms. The van der Waals surface area contributed by atoms with Crippen LogP contribution in [0, 0.1) is 0 Å². The summed E-state index contributed by atoms with van der Waals surface area (Å²) < 4.78 is 12.8. The normalized spacial score (nSPS) is 12.9. The summed E-state index contributed by atoms with van der Waals surface area (Å²) in [5.41, 5.74) is 1.09. The lowest BCUT2D eigenvalue weighted by molar-refractivity contribution is 0.323. The molecule has 0 fully saturated rings. The van der Waals surface area contributed by atoms with Crippen LogP contribution in [0.5, 0.6) is 0 Å². The number of benzene rings is 1. The van der Waals surface area contributed by atoms with Gasteiger partial charge in [0.1, 0.15) is 6.17 Å². The second kappa shape index (κ2) is 4.12. The van der Waals surface area contributed by atoms with Crippen LogP contribution in [0.4, 0.5) is 4.39 Å². The van der Waals surface area contributed by atoms with Crippen LogP contribution in [-0.4, -0.2) is 6.17 Å². The third kappa shape index (κ3) is 2.71. The number of hydrogen-bond donors (Lipinski definition) is 0. The number of halogens is 1. The van der Waals surface area contributed by atoms with Gasteiger partial charge in [-0.3, -0.25) is 0 Å². The Morgan fingerprint density at radius 1 is 1.27 bits per heavy atom. The Morgan fingerprint density at radius 3 is 2.45 bits per heavy atom. The summed E-state index contributed by atoms with van der Waals surface area (Å²) in [6.07, 6.45) is 0.476. The average Bonchev–Trinajstić information content (AvgIpc) is 2.06. The molecular weight excluding hydrogens is 139 g/mol. The maximum Gasteiger partial charge on any atom is 0.104 e. The highest BCUT2D eigenvalue weighted by Gasteiger charge is 2.02. The van der Waals surface area contributed by atoms with E-state index in [2.05, 4.69) is 0 Å². The molecule has 0 aliphatic heterocycles. The first kappa shape index (κ1) is 8.25. The Balaban J connectivity index is 2.51.